The number of aliphatic hydroxyl groups excluding tert-OH is 1. The second-order valence-corrected chi connectivity index (χ2v) is 4.85. The molecule has 0 aliphatic rings. The Balaban J connectivity index is 3.87. The molecule has 0 amide bonds. The maximum absolute atomic E-state index is 11.8. The number of halogens is 2. The zero-order valence-electron chi connectivity index (χ0n) is 7.91. The van der Waals surface area contributed by atoms with Crippen molar-refractivity contribution in [2.75, 3.05) is 12.3 Å². The molecule has 14 heavy (non-hydrogen) atoms. The van der Waals surface area contributed by atoms with Crippen LogP contribution in [0.15, 0.2) is 0 Å². The van der Waals surface area contributed by atoms with Gasteiger partial charge in [0.1, 0.15) is 6.10 Å². The Kier molecular flexibility index (Phi) is 6.14. The van der Waals surface area contributed by atoms with Crippen molar-refractivity contribution in [2.24, 2.45) is 0 Å². The second-order valence-electron chi connectivity index (χ2n) is 2.92. The smallest absolute Gasteiger partial charge is 0.265 e. The maximum atomic E-state index is 11.8. The average molecular weight is 231 g/mol. The summed E-state index contributed by atoms with van der Waals surface area (Å²) in [7, 11) is -3.52. The van der Waals surface area contributed by atoms with Crippen molar-refractivity contribution in [1.29, 1.82) is 0 Å². The Hall–Kier alpha value is -0.270. The topological polar surface area (TPSA) is 66.4 Å². The van der Waals surface area contributed by atoms with E-state index < -0.39 is 29.1 Å². The van der Waals surface area contributed by atoms with Crippen molar-refractivity contribution in [3.05, 3.63) is 0 Å². The van der Waals surface area contributed by atoms with Crippen LogP contribution in [0.5, 0.6) is 0 Å². The summed E-state index contributed by atoms with van der Waals surface area (Å²) in [5.41, 5.74) is 0. The molecule has 0 saturated heterocycles. The first-order valence-electron chi connectivity index (χ1n) is 4.32. The highest BCUT2D eigenvalue weighted by Crippen LogP contribution is 2.00. The molecule has 0 fully saturated rings. The lowest BCUT2D eigenvalue weighted by atomic mass is 10.4. The highest BCUT2D eigenvalue weighted by molar-refractivity contribution is 7.89. The van der Waals surface area contributed by atoms with Gasteiger partial charge in [0, 0.05) is 6.54 Å². The van der Waals surface area contributed by atoms with Crippen LogP contribution >= 0.6 is 0 Å². The van der Waals surface area contributed by atoms with Crippen LogP contribution in [0.3, 0.4) is 0 Å². The summed E-state index contributed by atoms with van der Waals surface area (Å²) in [6.45, 7) is 1.19. The number of hydrogen-bond acceptors (Lipinski definition) is 3. The normalized spacial score (nSPS) is 14.6. The lowest BCUT2D eigenvalue weighted by molar-refractivity contribution is -0.000450. The van der Waals surface area contributed by atoms with Crippen LogP contribution in [-0.4, -0.2) is 38.4 Å². The van der Waals surface area contributed by atoms with Crippen molar-refractivity contribution in [1.82, 2.24) is 4.72 Å². The Morgan fingerprint density at radius 1 is 1.43 bits per heavy atom. The van der Waals surface area contributed by atoms with Crippen LogP contribution in [0.2, 0.25) is 0 Å². The Morgan fingerprint density at radius 3 is 2.43 bits per heavy atom. The van der Waals surface area contributed by atoms with Crippen LogP contribution in [0.4, 0.5) is 8.78 Å². The van der Waals surface area contributed by atoms with Crippen molar-refractivity contribution in [2.45, 2.75) is 32.3 Å². The zero-order chi connectivity index (χ0) is 11.2. The van der Waals surface area contributed by atoms with Gasteiger partial charge in [0.25, 0.3) is 6.43 Å². The lowest BCUT2D eigenvalue weighted by Crippen LogP contribution is -2.36. The maximum Gasteiger partial charge on any atom is 0.265 e. The van der Waals surface area contributed by atoms with Crippen molar-refractivity contribution in [3.8, 4) is 0 Å². The highest BCUT2D eigenvalue weighted by Gasteiger charge is 2.19. The van der Waals surface area contributed by atoms with E-state index in [0.29, 0.717) is 12.8 Å². The van der Waals surface area contributed by atoms with E-state index in [2.05, 4.69) is 0 Å². The summed E-state index contributed by atoms with van der Waals surface area (Å²) >= 11 is 0. The Morgan fingerprint density at radius 2 is 2.00 bits per heavy atom. The van der Waals surface area contributed by atoms with Gasteiger partial charge in [-0.25, -0.2) is 21.9 Å². The van der Waals surface area contributed by atoms with Crippen LogP contribution in [0.1, 0.15) is 19.8 Å². The van der Waals surface area contributed by atoms with E-state index in [0.717, 1.165) is 0 Å². The molecule has 1 unspecified atom stereocenters. The summed E-state index contributed by atoms with van der Waals surface area (Å²) in [5, 5.41) is 8.64. The monoisotopic (exact) mass is 231 g/mol. The third kappa shape index (κ3) is 6.22. The molecule has 0 aromatic rings. The fourth-order valence-electron chi connectivity index (χ4n) is 0.708. The molecule has 86 valence electrons. The summed E-state index contributed by atoms with van der Waals surface area (Å²) < 4.78 is 47.6. The molecule has 0 aromatic carbocycles. The SMILES string of the molecule is CCCCS(=O)(=O)NCC(O)C(F)F. The fourth-order valence-corrected chi connectivity index (χ4v) is 1.95. The van der Waals surface area contributed by atoms with Gasteiger partial charge in [-0.1, -0.05) is 13.3 Å². The van der Waals surface area contributed by atoms with E-state index in [-0.39, 0.29) is 5.75 Å². The van der Waals surface area contributed by atoms with Gasteiger partial charge in [0.2, 0.25) is 10.0 Å². The first kappa shape index (κ1) is 13.7. The van der Waals surface area contributed by atoms with Gasteiger partial charge in [-0.05, 0) is 6.42 Å². The number of sulfonamides is 1. The highest BCUT2D eigenvalue weighted by atomic mass is 32.2. The molecule has 0 spiro atoms. The Labute approximate surface area is 82.4 Å². The molecule has 4 nitrogen and oxygen atoms in total. The molecule has 0 saturated carbocycles. The van der Waals surface area contributed by atoms with Gasteiger partial charge >= 0.3 is 0 Å². The quantitative estimate of drug-likeness (QED) is 0.663. The number of alkyl halides is 2. The van der Waals surface area contributed by atoms with E-state index in [4.69, 9.17) is 5.11 Å². The van der Waals surface area contributed by atoms with Crippen LogP contribution in [0, 0.1) is 0 Å². The van der Waals surface area contributed by atoms with Crippen molar-refractivity contribution < 1.29 is 22.3 Å². The number of hydrogen-bond donors (Lipinski definition) is 2. The van der Waals surface area contributed by atoms with Crippen LogP contribution in [0.25, 0.3) is 0 Å². The number of rotatable bonds is 7. The minimum Gasteiger partial charge on any atom is -0.386 e. The Bertz CT molecular complexity index is 243. The molecular weight excluding hydrogens is 216 g/mol. The fraction of sp³-hybridized carbons (Fsp3) is 1.00. The molecule has 7 heteroatoms. The molecule has 0 radical (unpaired) electrons. The number of aliphatic hydroxyl groups is 1. The summed E-state index contributed by atoms with van der Waals surface area (Å²) in [4.78, 5) is 0. The minimum absolute atomic E-state index is 0.0978. The van der Waals surface area contributed by atoms with Gasteiger partial charge < -0.3 is 5.11 Å². The largest absolute Gasteiger partial charge is 0.386 e. The van der Waals surface area contributed by atoms with Gasteiger partial charge in [0.15, 0.2) is 0 Å². The lowest BCUT2D eigenvalue weighted by Gasteiger charge is -2.10. The summed E-state index contributed by atoms with van der Waals surface area (Å²) in [5.74, 6) is -0.0978. The predicted octanol–water partition coefficient (Wildman–Crippen LogP) is 0.332. The molecule has 0 heterocycles. The summed E-state index contributed by atoms with van der Waals surface area (Å²) in [6.07, 6.45) is -3.69. The van der Waals surface area contributed by atoms with Crippen LogP contribution < -0.4 is 4.72 Å². The van der Waals surface area contributed by atoms with Gasteiger partial charge in [-0.15, -0.1) is 0 Å². The van der Waals surface area contributed by atoms with Crippen molar-refractivity contribution in [3.63, 3.8) is 0 Å². The molecule has 0 aliphatic carbocycles. The summed E-state index contributed by atoms with van der Waals surface area (Å²) in [6, 6.07) is 0. The van der Waals surface area contributed by atoms with Gasteiger partial charge in [0.05, 0.1) is 5.75 Å². The van der Waals surface area contributed by atoms with Crippen molar-refractivity contribution >= 4 is 10.0 Å². The van der Waals surface area contributed by atoms with E-state index in [9.17, 15) is 17.2 Å². The zero-order valence-corrected chi connectivity index (χ0v) is 8.73. The number of nitrogens with one attached hydrogen (secondary N) is 1. The third-order valence-electron chi connectivity index (χ3n) is 1.57. The molecule has 0 rings (SSSR count). The van der Waals surface area contributed by atoms with E-state index in [1.807, 2.05) is 11.6 Å². The average Bonchev–Trinajstić information content (AvgIpc) is 2.11. The standard InChI is InChI=1S/C7H15F2NO3S/c1-2-3-4-14(12,13)10-5-6(11)7(8)9/h6-7,10-11H,2-5H2,1H3. The van der Waals surface area contributed by atoms with Gasteiger partial charge in [-0.2, -0.15) is 0 Å². The molecule has 0 aliphatic heterocycles. The molecule has 0 bridgehead atoms. The van der Waals surface area contributed by atoms with E-state index >= 15 is 0 Å². The second kappa shape index (κ2) is 6.26. The first-order valence-corrected chi connectivity index (χ1v) is 5.98. The van der Waals surface area contributed by atoms with Gasteiger partial charge in [-0.3, -0.25) is 0 Å². The minimum atomic E-state index is -3.52. The number of unbranched alkanes of at least 4 members (excludes halogenated alkanes) is 1. The predicted molar refractivity (Wildman–Crippen MR) is 48.7 cm³/mol. The third-order valence-corrected chi connectivity index (χ3v) is 3.00. The molecule has 0 aromatic heterocycles. The molecule has 2 N–H and O–H groups in total. The van der Waals surface area contributed by atoms with E-state index in [1.165, 1.54) is 0 Å². The molecule has 1 atom stereocenters. The first-order chi connectivity index (χ1) is 6.39. The van der Waals surface area contributed by atoms with Crippen LogP contribution in [-0.2, 0) is 10.0 Å². The van der Waals surface area contributed by atoms with E-state index in [1.54, 1.807) is 0 Å². The molecular formula is C7H15F2NO3S.